The fraction of sp³-hybridized carbons (Fsp3) is 0.286. The van der Waals surface area contributed by atoms with Crippen LogP contribution in [0.1, 0.15) is 33.6 Å². The van der Waals surface area contributed by atoms with Crippen LogP contribution in [0, 0.1) is 5.92 Å². The van der Waals surface area contributed by atoms with Gasteiger partial charge in [-0.2, -0.15) is 0 Å². The number of nitrogens with zero attached hydrogens (tertiary/aromatic N) is 1. The number of hydrogen-bond acceptors (Lipinski definition) is 4. The lowest BCUT2D eigenvalue weighted by Crippen LogP contribution is -2.42. The van der Waals surface area contributed by atoms with E-state index >= 15 is 0 Å². The van der Waals surface area contributed by atoms with Gasteiger partial charge in [-0.05, 0) is 49.2 Å². The average molecular weight is 382 g/mol. The molecule has 2 amide bonds. The fourth-order valence-electron chi connectivity index (χ4n) is 3.25. The van der Waals surface area contributed by atoms with E-state index in [9.17, 15) is 19.5 Å². The predicted octanol–water partition coefficient (Wildman–Crippen LogP) is 2.88. The second-order valence-electron chi connectivity index (χ2n) is 6.66. The Morgan fingerprint density at radius 1 is 1.11 bits per heavy atom. The molecule has 146 valence electrons. The van der Waals surface area contributed by atoms with Gasteiger partial charge in [0.1, 0.15) is 5.75 Å². The van der Waals surface area contributed by atoms with E-state index in [1.807, 2.05) is 0 Å². The van der Waals surface area contributed by atoms with Crippen LogP contribution in [-0.2, 0) is 4.79 Å². The van der Waals surface area contributed by atoms with Crippen LogP contribution in [0.4, 0.5) is 5.69 Å². The highest BCUT2D eigenvalue weighted by molar-refractivity contribution is 6.09. The molecule has 1 fully saturated rings. The number of ether oxygens (including phenoxy) is 1. The van der Waals surface area contributed by atoms with Crippen LogP contribution in [-0.4, -0.2) is 48.0 Å². The Labute approximate surface area is 162 Å². The van der Waals surface area contributed by atoms with E-state index < -0.39 is 11.9 Å². The van der Waals surface area contributed by atoms with Crippen molar-refractivity contribution in [2.75, 3.05) is 25.5 Å². The average Bonchev–Trinajstić information content (AvgIpc) is 2.73. The molecule has 0 aliphatic carbocycles. The number of likely N-dealkylation sites (tertiary alicyclic amines) is 1. The second-order valence-corrected chi connectivity index (χ2v) is 6.66. The minimum absolute atomic E-state index is 0.176. The Hall–Kier alpha value is -3.35. The molecule has 1 atom stereocenters. The zero-order valence-corrected chi connectivity index (χ0v) is 15.6. The second kappa shape index (κ2) is 8.56. The smallest absolute Gasteiger partial charge is 0.308 e. The molecule has 0 saturated carbocycles. The number of carbonyl (C=O) groups excluding carboxylic acids is 2. The number of methoxy groups -OCH3 is 1. The van der Waals surface area contributed by atoms with Crippen LogP contribution < -0.4 is 10.1 Å². The molecule has 2 N–H and O–H groups in total. The van der Waals surface area contributed by atoms with Crippen molar-refractivity contribution in [3.05, 3.63) is 59.7 Å². The van der Waals surface area contributed by atoms with Crippen molar-refractivity contribution in [3.63, 3.8) is 0 Å². The van der Waals surface area contributed by atoms with E-state index in [1.165, 1.54) is 0 Å². The summed E-state index contributed by atoms with van der Waals surface area (Å²) in [5, 5.41) is 12.0. The van der Waals surface area contributed by atoms with Gasteiger partial charge in [-0.3, -0.25) is 14.4 Å². The van der Waals surface area contributed by atoms with Crippen molar-refractivity contribution in [1.82, 2.24) is 4.90 Å². The number of hydrogen-bond donors (Lipinski definition) is 2. The van der Waals surface area contributed by atoms with Crippen LogP contribution in [0.2, 0.25) is 0 Å². The molecule has 1 saturated heterocycles. The quantitative estimate of drug-likeness (QED) is 0.829. The molecule has 2 aromatic rings. The maximum atomic E-state index is 13.0. The molecule has 0 aromatic heterocycles. The predicted molar refractivity (Wildman–Crippen MR) is 104 cm³/mol. The Balaban J connectivity index is 1.77. The molecule has 1 heterocycles. The normalized spacial score (nSPS) is 16.3. The minimum atomic E-state index is -0.890. The first-order valence-electron chi connectivity index (χ1n) is 9.06. The van der Waals surface area contributed by atoms with E-state index in [-0.39, 0.29) is 18.4 Å². The lowest BCUT2D eigenvalue weighted by Gasteiger charge is -2.31. The number of benzene rings is 2. The van der Waals surface area contributed by atoms with Gasteiger partial charge in [-0.15, -0.1) is 0 Å². The SMILES string of the molecule is COc1ccc(C(=O)Nc2ccccc2C(=O)N2CCCC(C(=O)O)C2)cc1. The van der Waals surface area contributed by atoms with E-state index in [0.29, 0.717) is 42.0 Å². The van der Waals surface area contributed by atoms with Crippen molar-refractivity contribution in [3.8, 4) is 5.75 Å². The number of para-hydroxylation sites is 1. The lowest BCUT2D eigenvalue weighted by molar-refractivity contribution is -0.143. The maximum Gasteiger partial charge on any atom is 0.308 e. The summed E-state index contributed by atoms with van der Waals surface area (Å²) in [6.45, 7) is 0.679. The van der Waals surface area contributed by atoms with Crippen LogP contribution in [0.5, 0.6) is 5.75 Å². The van der Waals surface area contributed by atoms with E-state index in [4.69, 9.17) is 4.74 Å². The minimum Gasteiger partial charge on any atom is -0.497 e. The standard InChI is InChI=1S/C21H22N2O5/c1-28-16-10-8-14(9-11-16)19(24)22-18-7-3-2-6-17(18)20(25)23-12-4-5-15(13-23)21(26)27/h2-3,6-11,15H,4-5,12-13H2,1H3,(H,22,24)(H,26,27). The van der Waals surface area contributed by atoms with Gasteiger partial charge < -0.3 is 20.1 Å². The van der Waals surface area contributed by atoms with Gasteiger partial charge in [-0.25, -0.2) is 0 Å². The lowest BCUT2D eigenvalue weighted by atomic mass is 9.97. The highest BCUT2D eigenvalue weighted by atomic mass is 16.5. The molecular formula is C21H22N2O5. The summed E-state index contributed by atoms with van der Waals surface area (Å²) in [6, 6.07) is 13.4. The number of anilines is 1. The Kier molecular flexibility index (Phi) is 5.93. The van der Waals surface area contributed by atoms with Crippen molar-refractivity contribution in [2.24, 2.45) is 5.92 Å². The molecule has 0 spiro atoms. The van der Waals surface area contributed by atoms with Crippen LogP contribution in [0.25, 0.3) is 0 Å². The summed E-state index contributed by atoms with van der Waals surface area (Å²) in [5.74, 6) is -1.43. The molecular weight excluding hydrogens is 360 g/mol. The number of nitrogens with one attached hydrogen (secondary N) is 1. The number of rotatable bonds is 5. The van der Waals surface area contributed by atoms with Crippen molar-refractivity contribution >= 4 is 23.5 Å². The zero-order valence-electron chi connectivity index (χ0n) is 15.6. The van der Waals surface area contributed by atoms with Gasteiger partial charge in [0.05, 0.1) is 24.3 Å². The summed E-state index contributed by atoms with van der Waals surface area (Å²) in [7, 11) is 1.55. The Morgan fingerprint density at radius 3 is 2.50 bits per heavy atom. The first kappa shape index (κ1) is 19.4. The van der Waals surface area contributed by atoms with Gasteiger partial charge in [0.15, 0.2) is 0 Å². The maximum absolute atomic E-state index is 13.0. The summed E-state index contributed by atoms with van der Waals surface area (Å²) in [6.07, 6.45) is 1.21. The Morgan fingerprint density at radius 2 is 1.82 bits per heavy atom. The summed E-state index contributed by atoms with van der Waals surface area (Å²) in [5.41, 5.74) is 1.17. The number of carbonyl (C=O) groups is 3. The zero-order chi connectivity index (χ0) is 20.1. The monoisotopic (exact) mass is 382 g/mol. The first-order chi connectivity index (χ1) is 13.5. The largest absolute Gasteiger partial charge is 0.497 e. The summed E-state index contributed by atoms with van der Waals surface area (Å²) >= 11 is 0. The number of aliphatic carboxylic acids is 1. The molecule has 7 heteroatoms. The molecule has 3 rings (SSSR count). The molecule has 0 bridgehead atoms. The Bertz CT molecular complexity index is 879. The van der Waals surface area contributed by atoms with E-state index in [2.05, 4.69) is 5.32 Å². The van der Waals surface area contributed by atoms with Crippen LogP contribution in [0.3, 0.4) is 0 Å². The fourth-order valence-corrected chi connectivity index (χ4v) is 3.25. The third-order valence-electron chi connectivity index (χ3n) is 4.82. The van der Waals surface area contributed by atoms with E-state index in [0.717, 1.165) is 0 Å². The van der Waals surface area contributed by atoms with E-state index in [1.54, 1.807) is 60.5 Å². The molecule has 7 nitrogen and oxygen atoms in total. The molecule has 28 heavy (non-hydrogen) atoms. The highest BCUT2D eigenvalue weighted by Crippen LogP contribution is 2.23. The van der Waals surface area contributed by atoms with Gasteiger partial charge in [0.25, 0.3) is 11.8 Å². The van der Waals surface area contributed by atoms with Crippen molar-refractivity contribution in [2.45, 2.75) is 12.8 Å². The number of amides is 2. The number of carboxylic acids is 1. The highest BCUT2D eigenvalue weighted by Gasteiger charge is 2.29. The number of piperidine rings is 1. The molecule has 1 aliphatic rings. The molecule has 0 radical (unpaired) electrons. The first-order valence-corrected chi connectivity index (χ1v) is 9.06. The topological polar surface area (TPSA) is 95.9 Å². The van der Waals surface area contributed by atoms with Crippen molar-refractivity contribution in [1.29, 1.82) is 0 Å². The van der Waals surface area contributed by atoms with Crippen LogP contribution >= 0.6 is 0 Å². The van der Waals surface area contributed by atoms with Gasteiger partial charge in [0, 0.05) is 18.7 Å². The molecule has 1 unspecified atom stereocenters. The molecule has 1 aliphatic heterocycles. The van der Waals surface area contributed by atoms with Gasteiger partial charge >= 0.3 is 5.97 Å². The third-order valence-corrected chi connectivity index (χ3v) is 4.82. The van der Waals surface area contributed by atoms with Crippen molar-refractivity contribution < 1.29 is 24.2 Å². The third kappa shape index (κ3) is 4.31. The van der Waals surface area contributed by atoms with Gasteiger partial charge in [0.2, 0.25) is 0 Å². The number of carboxylic acid groups (broad SMARTS) is 1. The summed E-state index contributed by atoms with van der Waals surface area (Å²) < 4.78 is 5.09. The van der Waals surface area contributed by atoms with Gasteiger partial charge in [-0.1, -0.05) is 12.1 Å². The van der Waals surface area contributed by atoms with Crippen LogP contribution in [0.15, 0.2) is 48.5 Å². The summed E-state index contributed by atoms with van der Waals surface area (Å²) in [4.78, 5) is 38.3. The molecule has 2 aromatic carbocycles.